The van der Waals surface area contributed by atoms with Crippen LogP contribution in [0, 0.1) is 6.92 Å². The molecule has 0 atom stereocenters. The summed E-state index contributed by atoms with van der Waals surface area (Å²) < 4.78 is 11.2. The van der Waals surface area contributed by atoms with Crippen molar-refractivity contribution in [2.75, 3.05) is 18.5 Å². The molecule has 2 aromatic rings. The highest BCUT2D eigenvalue weighted by Gasteiger charge is 2.13. The third-order valence-corrected chi connectivity index (χ3v) is 3.47. The van der Waals surface area contributed by atoms with E-state index in [1.54, 1.807) is 18.2 Å². The lowest BCUT2D eigenvalue weighted by Crippen LogP contribution is -2.12. The number of nitrogens with zero attached hydrogens (tertiary/aromatic N) is 2. The van der Waals surface area contributed by atoms with Crippen LogP contribution in [0.4, 0.5) is 5.13 Å². The van der Waals surface area contributed by atoms with Crippen molar-refractivity contribution in [3.05, 3.63) is 28.8 Å². The molecule has 0 aliphatic rings. The molecule has 0 saturated heterocycles. The molecular formula is C15H19N3O3S. The number of benzene rings is 1. The van der Waals surface area contributed by atoms with E-state index in [9.17, 15) is 4.79 Å². The summed E-state index contributed by atoms with van der Waals surface area (Å²) in [4.78, 5) is 12.2. The number of rotatable bonds is 7. The van der Waals surface area contributed by atoms with Crippen LogP contribution in [0.5, 0.6) is 11.5 Å². The number of anilines is 1. The minimum Gasteiger partial charge on any atom is -0.490 e. The van der Waals surface area contributed by atoms with Gasteiger partial charge in [-0.05, 0) is 38.5 Å². The highest BCUT2D eigenvalue weighted by Crippen LogP contribution is 2.29. The van der Waals surface area contributed by atoms with E-state index < -0.39 is 0 Å². The molecule has 1 aromatic carbocycles. The molecule has 1 aromatic heterocycles. The molecule has 0 unspecified atom stereocenters. The van der Waals surface area contributed by atoms with Gasteiger partial charge in [0.2, 0.25) is 5.13 Å². The number of carbonyl (C=O) groups is 1. The quantitative estimate of drug-likeness (QED) is 0.847. The van der Waals surface area contributed by atoms with Gasteiger partial charge in [-0.25, -0.2) is 0 Å². The summed E-state index contributed by atoms with van der Waals surface area (Å²) in [6.07, 6.45) is 0.907. The predicted octanol–water partition coefficient (Wildman–Crippen LogP) is 3.29. The molecule has 2 rings (SSSR count). The number of nitrogens with one attached hydrogen (secondary N) is 1. The molecule has 0 aliphatic heterocycles. The fourth-order valence-corrected chi connectivity index (χ4v) is 2.35. The first kappa shape index (κ1) is 16.2. The van der Waals surface area contributed by atoms with Crippen molar-refractivity contribution in [1.29, 1.82) is 0 Å². The van der Waals surface area contributed by atoms with Crippen LogP contribution in [0.2, 0.25) is 0 Å². The largest absolute Gasteiger partial charge is 0.490 e. The zero-order valence-corrected chi connectivity index (χ0v) is 13.7. The molecule has 7 heteroatoms. The average molecular weight is 321 g/mol. The molecule has 0 bridgehead atoms. The van der Waals surface area contributed by atoms with Crippen LogP contribution in [0.15, 0.2) is 18.2 Å². The number of carbonyl (C=O) groups excluding carboxylic acids is 1. The molecular weight excluding hydrogens is 302 g/mol. The maximum Gasteiger partial charge on any atom is 0.257 e. The van der Waals surface area contributed by atoms with Crippen molar-refractivity contribution >= 4 is 22.4 Å². The highest BCUT2D eigenvalue weighted by molar-refractivity contribution is 7.15. The van der Waals surface area contributed by atoms with Gasteiger partial charge >= 0.3 is 0 Å². The summed E-state index contributed by atoms with van der Waals surface area (Å²) in [5.41, 5.74) is 0.486. The topological polar surface area (TPSA) is 73.3 Å². The molecule has 0 aliphatic carbocycles. The molecule has 22 heavy (non-hydrogen) atoms. The summed E-state index contributed by atoms with van der Waals surface area (Å²) in [5.74, 6) is 0.961. The zero-order chi connectivity index (χ0) is 15.9. The molecule has 6 nitrogen and oxygen atoms in total. The molecule has 0 radical (unpaired) electrons. The van der Waals surface area contributed by atoms with Crippen LogP contribution in [-0.2, 0) is 0 Å². The first-order chi connectivity index (χ1) is 10.6. The van der Waals surface area contributed by atoms with Gasteiger partial charge in [-0.2, -0.15) is 0 Å². The van der Waals surface area contributed by atoms with E-state index in [2.05, 4.69) is 15.5 Å². The van der Waals surface area contributed by atoms with Gasteiger partial charge < -0.3 is 9.47 Å². The lowest BCUT2D eigenvalue weighted by Gasteiger charge is -2.12. The molecule has 0 saturated carbocycles. The van der Waals surface area contributed by atoms with Crippen molar-refractivity contribution < 1.29 is 14.3 Å². The molecule has 0 spiro atoms. The average Bonchev–Trinajstić information content (AvgIpc) is 2.91. The first-order valence-electron chi connectivity index (χ1n) is 7.15. The Morgan fingerprint density at radius 3 is 2.68 bits per heavy atom. The summed E-state index contributed by atoms with van der Waals surface area (Å²) in [6.45, 7) is 6.87. The van der Waals surface area contributed by atoms with E-state index in [-0.39, 0.29) is 5.91 Å². The SMILES string of the molecule is CCCOc1ccc(C(=O)Nc2nnc(C)s2)cc1OCC. The van der Waals surface area contributed by atoms with Crippen molar-refractivity contribution in [3.63, 3.8) is 0 Å². The Balaban J connectivity index is 2.16. The van der Waals surface area contributed by atoms with E-state index in [0.29, 0.717) is 35.4 Å². The number of ether oxygens (including phenoxy) is 2. The second-order valence-corrected chi connectivity index (χ2v) is 5.70. The van der Waals surface area contributed by atoms with Gasteiger partial charge in [0.25, 0.3) is 5.91 Å². The van der Waals surface area contributed by atoms with Crippen molar-refractivity contribution in [1.82, 2.24) is 10.2 Å². The highest BCUT2D eigenvalue weighted by atomic mass is 32.1. The minimum absolute atomic E-state index is 0.251. The second kappa shape index (κ2) is 7.74. The lowest BCUT2D eigenvalue weighted by molar-refractivity contribution is 0.102. The molecule has 118 valence electrons. The number of hydrogen-bond acceptors (Lipinski definition) is 6. The molecule has 1 heterocycles. The van der Waals surface area contributed by atoms with E-state index >= 15 is 0 Å². The van der Waals surface area contributed by atoms with Gasteiger partial charge in [0.15, 0.2) is 11.5 Å². The van der Waals surface area contributed by atoms with E-state index in [4.69, 9.17) is 9.47 Å². The van der Waals surface area contributed by atoms with Gasteiger partial charge in [0.1, 0.15) is 5.01 Å². The van der Waals surface area contributed by atoms with Crippen molar-refractivity contribution in [3.8, 4) is 11.5 Å². The van der Waals surface area contributed by atoms with Crippen molar-refractivity contribution in [2.24, 2.45) is 0 Å². The Kier molecular flexibility index (Phi) is 5.71. The standard InChI is InChI=1S/C15H19N3O3S/c1-4-8-21-12-7-6-11(9-13(12)20-5-2)14(19)16-15-18-17-10(3)22-15/h6-7,9H,4-5,8H2,1-3H3,(H,16,18,19). The Hall–Kier alpha value is -2.15. The number of aromatic nitrogens is 2. The Morgan fingerprint density at radius 1 is 1.23 bits per heavy atom. The number of hydrogen-bond donors (Lipinski definition) is 1. The van der Waals surface area contributed by atoms with Gasteiger partial charge in [0.05, 0.1) is 13.2 Å². The third kappa shape index (κ3) is 4.17. The van der Waals surface area contributed by atoms with E-state index in [0.717, 1.165) is 11.4 Å². The second-order valence-electron chi connectivity index (χ2n) is 4.52. The van der Waals surface area contributed by atoms with Gasteiger partial charge in [-0.1, -0.05) is 18.3 Å². The maximum atomic E-state index is 12.2. The monoisotopic (exact) mass is 321 g/mol. The van der Waals surface area contributed by atoms with Gasteiger partial charge in [-0.3, -0.25) is 10.1 Å². The van der Waals surface area contributed by atoms with Gasteiger partial charge in [-0.15, -0.1) is 10.2 Å². The predicted molar refractivity (Wildman–Crippen MR) is 86.0 cm³/mol. The number of amides is 1. The van der Waals surface area contributed by atoms with Crippen LogP contribution in [0.25, 0.3) is 0 Å². The Morgan fingerprint density at radius 2 is 2.05 bits per heavy atom. The van der Waals surface area contributed by atoms with Crippen LogP contribution in [-0.4, -0.2) is 29.3 Å². The zero-order valence-electron chi connectivity index (χ0n) is 12.9. The normalized spacial score (nSPS) is 10.3. The van der Waals surface area contributed by atoms with Crippen LogP contribution < -0.4 is 14.8 Å². The fraction of sp³-hybridized carbons (Fsp3) is 0.400. The minimum atomic E-state index is -0.251. The third-order valence-electron chi connectivity index (χ3n) is 2.71. The fourth-order valence-electron chi connectivity index (χ4n) is 1.77. The van der Waals surface area contributed by atoms with Crippen LogP contribution in [0.1, 0.15) is 35.6 Å². The summed E-state index contributed by atoms with van der Waals surface area (Å²) in [6, 6.07) is 5.13. The van der Waals surface area contributed by atoms with Crippen LogP contribution >= 0.6 is 11.3 Å². The summed E-state index contributed by atoms with van der Waals surface area (Å²) in [7, 11) is 0. The summed E-state index contributed by atoms with van der Waals surface area (Å²) in [5, 5.41) is 11.7. The summed E-state index contributed by atoms with van der Waals surface area (Å²) >= 11 is 1.33. The maximum absolute atomic E-state index is 12.2. The lowest BCUT2D eigenvalue weighted by atomic mass is 10.2. The Labute approximate surface area is 133 Å². The molecule has 1 amide bonds. The van der Waals surface area contributed by atoms with Crippen molar-refractivity contribution in [2.45, 2.75) is 27.2 Å². The smallest absolute Gasteiger partial charge is 0.257 e. The van der Waals surface area contributed by atoms with Crippen LogP contribution in [0.3, 0.4) is 0 Å². The Bertz CT molecular complexity index is 643. The first-order valence-corrected chi connectivity index (χ1v) is 7.96. The number of aryl methyl sites for hydroxylation is 1. The van der Waals surface area contributed by atoms with E-state index in [1.165, 1.54) is 11.3 Å². The van der Waals surface area contributed by atoms with Gasteiger partial charge in [0, 0.05) is 5.56 Å². The molecule has 0 fully saturated rings. The van der Waals surface area contributed by atoms with E-state index in [1.807, 2.05) is 20.8 Å². The molecule has 1 N–H and O–H groups in total.